The third-order valence-corrected chi connectivity index (χ3v) is 6.61. The number of methoxy groups -OCH3 is 6. The molecule has 230 valence electrons. The highest BCUT2D eigenvalue weighted by Gasteiger charge is 2.23. The Morgan fingerprint density at radius 2 is 1.19 bits per heavy atom. The number of ether oxygens (including phenoxy) is 6. The Hall–Kier alpha value is -5.13. The SMILES string of the molecule is COc1cc(CNC(=O)[C@H](CCC(=O)O)NC(=O)c2ccc(-c3cc(OC)c(OC)c(OC)c3)cc2)cc(OC)c1OC. The van der Waals surface area contributed by atoms with Gasteiger partial charge in [-0.1, -0.05) is 12.1 Å². The van der Waals surface area contributed by atoms with Gasteiger partial charge >= 0.3 is 5.97 Å². The average Bonchev–Trinajstić information content (AvgIpc) is 3.03. The van der Waals surface area contributed by atoms with Gasteiger partial charge in [0, 0.05) is 18.5 Å². The lowest BCUT2D eigenvalue weighted by Gasteiger charge is -2.19. The molecule has 0 heterocycles. The fourth-order valence-electron chi connectivity index (χ4n) is 4.39. The van der Waals surface area contributed by atoms with Crippen molar-refractivity contribution in [2.45, 2.75) is 25.4 Å². The highest BCUT2D eigenvalue weighted by molar-refractivity contribution is 5.98. The van der Waals surface area contributed by atoms with Gasteiger partial charge in [-0.05, 0) is 59.5 Å². The molecule has 0 fully saturated rings. The van der Waals surface area contributed by atoms with E-state index in [0.717, 1.165) is 11.1 Å². The smallest absolute Gasteiger partial charge is 0.303 e. The Balaban J connectivity index is 1.76. The van der Waals surface area contributed by atoms with Crippen LogP contribution in [0.5, 0.6) is 34.5 Å². The molecule has 0 aliphatic heterocycles. The van der Waals surface area contributed by atoms with Crippen molar-refractivity contribution in [2.75, 3.05) is 42.7 Å². The summed E-state index contributed by atoms with van der Waals surface area (Å²) in [5.41, 5.74) is 2.48. The van der Waals surface area contributed by atoms with E-state index in [-0.39, 0.29) is 24.9 Å². The number of carbonyl (C=O) groups excluding carboxylic acids is 2. The van der Waals surface area contributed by atoms with Crippen molar-refractivity contribution in [3.63, 3.8) is 0 Å². The second kappa shape index (κ2) is 15.2. The largest absolute Gasteiger partial charge is 0.493 e. The predicted molar refractivity (Wildman–Crippen MR) is 158 cm³/mol. The van der Waals surface area contributed by atoms with Crippen molar-refractivity contribution in [1.29, 1.82) is 0 Å². The van der Waals surface area contributed by atoms with Gasteiger partial charge in [0.1, 0.15) is 6.04 Å². The van der Waals surface area contributed by atoms with Crippen LogP contribution in [0.25, 0.3) is 11.1 Å². The van der Waals surface area contributed by atoms with Crippen LogP contribution in [0.2, 0.25) is 0 Å². The summed E-state index contributed by atoms with van der Waals surface area (Å²) < 4.78 is 32.2. The van der Waals surface area contributed by atoms with Crippen molar-refractivity contribution in [2.24, 2.45) is 0 Å². The first-order valence-corrected chi connectivity index (χ1v) is 13.2. The first-order valence-electron chi connectivity index (χ1n) is 13.2. The quantitative estimate of drug-likeness (QED) is 0.237. The lowest BCUT2D eigenvalue weighted by molar-refractivity contribution is -0.137. The van der Waals surface area contributed by atoms with E-state index < -0.39 is 23.8 Å². The van der Waals surface area contributed by atoms with Crippen LogP contribution in [0.3, 0.4) is 0 Å². The highest BCUT2D eigenvalue weighted by atomic mass is 16.5. The van der Waals surface area contributed by atoms with Crippen molar-refractivity contribution < 1.29 is 47.9 Å². The number of carboxylic acid groups (broad SMARTS) is 1. The molecule has 0 bridgehead atoms. The van der Waals surface area contributed by atoms with Crippen molar-refractivity contribution in [3.05, 3.63) is 59.7 Å². The lowest BCUT2D eigenvalue weighted by Crippen LogP contribution is -2.46. The summed E-state index contributed by atoms with van der Waals surface area (Å²) in [6.07, 6.45) is -0.422. The van der Waals surface area contributed by atoms with Crippen LogP contribution < -0.4 is 39.1 Å². The van der Waals surface area contributed by atoms with Crippen LogP contribution in [0.1, 0.15) is 28.8 Å². The van der Waals surface area contributed by atoms with Gasteiger partial charge in [-0.25, -0.2) is 0 Å². The molecule has 12 heteroatoms. The van der Waals surface area contributed by atoms with E-state index >= 15 is 0 Å². The molecule has 2 amide bonds. The molecule has 43 heavy (non-hydrogen) atoms. The number of carboxylic acids is 1. The van der Waals surface area contributed by atoms with Crippen LogP contribution in [0.4, 0.5) is 0 Å². The lowest BCUT2D eigenvalue weighted by atomic mass is 10.0. The first-order chi connectivity index (χ1) is 20.7. The maximum absolute atomic E-state index is 13.1. The Morgan fingerprint density at radius 3 is 1.63 bits per heavy atom. The zero-order chi connectivity index (χ0) is 31.5. The van der Waals surface area contributed by atoms with E-state index in [1.807, 2.05) is 0 Å². The summed E-state index contributed by atoms with van der Waals surface area (Å²) in [6, 6.07) is 12.5. The molecule has 0 aromatic heterocycles. The van der Waals surface area contributed by atoms with Gasteiger partial charge in [-0.3, -0.25) is 14.4 Å². The number of aliphatic carboxylic acids is 1. The molecular weight excluding hydrogens is 560 g/mol. The Morgan fingerprint density at radius 1 is 0.698 bits per heavy atom. The summed E-state index contributed by atoms with van der Waals surface area (Å²) >= 11 is 0. The minimum Gasteiger partial charge on any atom is -0.493 e. The summed E-state index contributed by atoms with van der Waals surface area (Å²) in [4.78, 5) is 37.5. The van der Waals surface area contributed by atoms with Crippen LogP contribution in [-0.4, -0.2) is 71.6 Å². The maximum atomic E-state index is 13.1. The average molecular weight is 597 g/mol. The Labute approximate surface area is 249 Å². The Kier molecular flexibility index (Phi) is 11.4. The van der Waals surface area contributed by atoms with Gasteiger partial charge in [-0.2, -0.15) is 0 Å². The van der Waals surface area contributed by atoms with Crippen molar-refractivity contribution >= 4 is 17.8 Å². The highest BCUT2D eigenvalue weighted by Crippen LogP contribution is 2.41. The second-order valence-corrected chi connectivity index (χ2v) is 9.20. The molecule has 0 unspecified atom stereocenters. The van der Waals surface area contributed by atoms with Crippen molar-refractivity contribution in [3.8, 4) is 45.6 Å². The third kappa shape index (κ3) is 8.00. The fourth-order valence-corrected chi connectivity index (χ4v) is 4.39. The summed E-state index contributed by atoms with van der Waals surface area (Å²) in [7, 11) is 9.01. The van der Waals surface area contributed by atoms with E-state index in [1.165, 1.54) is 42.7 Å². The predicted octanol–water partition coefficient (Wildman–Crippen LogP) is 3.68. The topological polar surface area (TPSA) is 151 Å². The zero-order valence-electron chi connectivity index (χ0n) is 24.9. The van der Waals surface area contributed by atoms with Crippen molar-refractivity contribution in [1.82, 2.24) is 10.6 Å². The van der Waals surface area contributed by atoms with Crippen LogP contribution >= 0.6 is 0 Å². The number of rotatable bonds is 15. The van der Waals surface area contributed by atoms with Gasteiger partial charge in [0.05, 0.1) is 42.7 Å². The van der Waals surface area contributed by atoms with E-state index in [4.69, 9.17) is 28.4 Å². The molecule has 0 saturated carbocycles. The number of amides is 2. The molecule has 3 aromatic rings. The molecule has 0 radical (unpaired) electrons. The van der Waals surface area contributed by atoms with Gasteiger partial charge in [0.2, 0.25) is 17.4 Å². The number of nitrogens with one attached hydrogen (secondary N) is 2. The molecule has 3 aromatic carbocycles. The molecular formula is C31H36N2O10. The van der Waals surface area contributed by atoms with Gasteiger partial charge in [-0.15, -0.1) is 0 Å². The molecule has 0 aliphatic rings. The maximum Gasteiger partial charge on any atom is 0.303 e. The van der Waals surface area contributed by atoms with Gasteiger partial charge in [0.15, 0.2) is 23.0 Å². The third-order valence-electron chi connectivity index (χ3n) is 6.61. The van der Waals surface area contributed by atoms with Gasteiger partial charge in [0.25, 0.3) is 5.91 Å². The Bertz CT molecular complexity index is 1390. The summed E-state index contributed by atoms with van der Waals surface area (Å²) in [5.74, 6) is 0.491. The number of carbonyl (C=O) groups is 3. The molecule has 0 aliphatic carbocycles. The molecule has 12 nitrogen and oxygen atoms in total. The monoisotopic (exact) mass is 596 g/mol. The van der Waals surface area contributed by atoms with E-state index in [0.29, 0.717) is 40.1 Å². The normalized spacial score (nSPS) is 11.1. The van der Waals surface area contributed by atoms with Crippen LogP contribution in [0.15, 0.2) is 48.5 Å². The molecule has 0 saturated heterocycles. The standard InChI is InChI=1S/C31H36N2O10/c1-38-23-13-18(14-24(39-2)28(23)42-5)17-32-31(37)22(11-12-27(34)35)33-30(36)20-9-7-19(8-10-20)21-15-25(40-3)29(43-6)26(16-21)41-4/h7-10,13-16,22H,11-12,17H2,1-6H3,(H,32,37)(H,33,36)(H,34,35)/t22-/m0/s1. The number of hydrogen-bond donors (Lipinski definition) is 3. The second-order valence-electron chi connectivity index (χ2n) is 9.20. The first kappa shape index (κ1) is 32.4. The molecule has 1 atom stereocenters. The fraction of sp³-hybridized carbons (Fsp3) is 0.323. The van der Waals surface area contributed by atoms with Gasteiger partial charge < -0.3 is 44.2 Å². The zero-order valence-corrected chi connectivity index (χ0v) is 24.9. The number of hydrogen-bond acceptors (Lipinski definition) is 9. The van der Waals surface area contributed by atoms with Crippen LogP contribution in [0, 0.1) is 0 Å². The van der Waals surface area contributed by atoms with E-state index in [1.54, 1.807) is 48.5 Å². The molecule has 3 N–H and O–H groups in total. The van der Waals surface area contributed by atoms with Crippen LogP contribution in [-0.2, 0) is 16.1 Å². The molecule has 3 rings (SSSR count). The minimum atomic E-state index is -1.10. The summed E-state index contributed by atoms with van der Waals surface area (Å²) in [5, 5.41) is 14.6. The minimum absolute atomic E-state index is 0.0679. The summed E-state index contributed by atoms with van der Waals surface area (Å²) in [6.45, 7) is 0.0679. The molecule has 0 spiro atoms. The number of benzene rings is 3. The van der Waals surface area contributed by atoms with E-state index in [9.17, 15) is 19.5 Å². The van der Waals surface area contributed by atoms with E-state index in [2.05, 4.69) is 10.6 Å².